The number of unbranched alkanes of at least 4 members (excludes halogenated alkanes) is 10. The van der Waals surface area contributed by atoms with E-state index in [0.717, 1.165) is 25.7 Å². The first-order valence-electron chi connectivity index (χ1n) is 12.5. The van der Waals surface area contributed by atoms with Gasteiger partial charge in [0, 0.05) is 25.9 Å². The summed E-state index contributed by atoms with van der Waals surface area (Å²) in [7, 11) is 0. The van der Waals surface area contributed by atoms with Gasteiger partial charge in [0.1, 0.15) is 0 Å². The molecule has 30 heavy (non-hydrogen) atoms. The molecule has 0 unspecified atom stereocenters. The van der Waals surface area contributed by atoms with Gasteiger partial charge in [-0.3, -0.25) is 9.59 Å². The zero-order chi connectivity index (χ0) is 22.1. The van der Waals surface area contributed by atoms with Gasteiger partial charge in [0.05, 0.1) is 0 Å². The molecule has 0 fully saturated rings. The Balaban J connectivity index is 3.44. The SMILES string of the molecule is CCCCCCCC=CCCC(=O)NCCNC(=O)CCC=CCCCCCCC. The second-order valence-electron chi connectivity index (χ2n) is 8.13. The molecule has 0 spiro atoms. The summed E-state index contributed by atoms with van der Waals surface area (Å²) in [6.45, 7) is 5.46. The van der Waals surface area contributed by atoms with Gasteiger partial charge in [-0.15, -0.1) is 0 Å². The number of allylic oxidation sites excluding steroid dienone is 4. The third kappa shape index (κ3) is 22.7. The lowest BCUT2D eigenvalue weighted by molar-refractivity contribution is -0.122. The van der Waals surface area contributed by atoms with E-state index in [-0.39, 0.29) is 11.8 Å². The van der Waals surface area contributed by atoms with Crippen LogP contribution in [-0.4, -0.2) is 24.9 Å². The van der Waals surface area contributed by atoms with E-state index in [1.54, 1.807) is 0 Å². The summed E-state index contributed by atoms with van der Waals surface area (Å²) in [6, 6.07) is 0. The molecule has 0 aromatic carbocycles. The molecule has 0 aromatic rings. The second kappa shape index (κ2) is 23.7. The number of carbonyl (C=O) groups excluding carboxylic acids is 2. The number of rotatable bonds is 21. The molecule has 0 aliphatic rings. The van der Waals surface area contributed by atoms with Crippen molar-refractivity contribution in [3.8, 4) is 0 Å². The van der Waals surface area contributed by atoms with Crippen LogP contribution in [0.4, 0.5) is 0 Å². The smallest absolute Gasteiger partial charge is 0.220 e. The van der Waals surface area contributed by atoms with Crippen LogP contribution in [0.2, 0.25) is 0 Å². The van der Waals surface area contributed by atoms with Crippen molar-refractivity contribution in [2.24, 2.45) is 0 Å². The number of hydrogen-bond donors (Lipinski definition) is 2. The molecule has 0 aliphatic heterocycles. The molecule has 4 heteroatoms. The third-order valence-electron chi connectivity index (χ3n) is 5.13. The Morgan fingerprint density at radius 2 is 0.900 bits per heavy atom. The monoisotopic (exact) mass is 420 g/mol. The van der Waals surface area contributed by atoms with E-state index in [0.29, 0.717) is 25.9 Å². The summed E-state index contributed by atoms with van der Waals surface area (Å²) in [5.41, 5.74) is 0. The summed E-state index contributed by atoms with van der Waals surface area (Å²) < 4.78 is 0. The highest BCUT2D eigenvalue weighted by Crippen LogP contribution is 2.06. The Morgan fingerprint density at radius 3 is 1.30 bits per heavy atom. The standard InChI is InChI=1S/C26H48N2O2/c1-3-5-7-9-11-13-15-17-19-21-25(29)27-23-24-28-26(30)22-20-18-16-14-12-10-8-6-4-2/h15-18H,3-14,19-24H2,1-2H3,(H,27,29)(H,28,30). The molecule has 2 amide bonds. The molecule has 0 bridgehead atoms. The molecule has 0 heterocycles. The predicted octanol–water partition coefficient (Wildman–Crippen LogP) is 6.61. The Bertz CT molecular complexity index is 416. The van der Waals surface area contributed by atoms with Gasteiger partial charge < -0.3 is 10.6 Å². The summed E-state index contributed by atoms with van der Waals surface area (Å²) in [5, 5.41) is 5.73. The fraction of sp³-hybridized carbons (Fsp3) is 0.769. The van der Waals surface area contributed by atoms with Crippen molar-refractivity contribution in [2.75, 3.05) is 13.1 Å². The Morgan fingerprint density at radius 1 is 0.533 bits per heavy atom. The first kappa shape index (κ1) is 28.4. The lowest BCUT2D eigenvalue weighted by atomic mass is 10.1. The number of carbonyl (C=O) groups is 2. The van der Waals surface area contributed by atoms with Crippen LogP contribution in [0.25, 0.3) is 0 Å². The number of nitrogens with one attached hydrogen (secondary N) is 2. The lowest BCUT2D eigenvalue weighted by Crippen LogP contribution is -2.34. The highest BCUT2D eigenvalue weighted by Gasteiger charge is 2.01. The molecule has 2 N–H and O–H groups in total. The van der Waals surface area contributed by atoms with Crippen LogP contribution in [0.3, 0.4) is 0 Å². The maximum Gasteiger partial charge on any atom is 0.220 e. The van der Waals surface area contributed by atoms with Crippen molar-refractivity contribution in [3.05, 3.63) is 24.3 Å². The van der Waals surface area contributed by atoms with Gasteiger partial charge in [0.25, 0.3) is 0 Å². The molecule has 0 saturated heterocycles. The first-order chi connectivity index (χ1) is 14.7. The fourth-order valence-corrected chi connectivity index (χ4v) is 3.21. The summed E-state index contributed by atoms with van der Waals surface area (Å²) in [5.74, 6) is 0.109. The zero-order valence-electron chi connectivity index (χ0n) is 19.9. The molecule has 4 nitrogen and oxygen atoms in total. The largest absolute Gasteiger partial charge is 0.354 e. The van der Waals surface area contributed by atoms with E-state index in [4.69, 9.17) is 0 Å². The molecule has 174 valence electrons. The Kier molecular flexibility index (Phi) is 22.4. The molecule has 0 aromatic heterocycles. The number of amides is 2. The van der Waals surface area contributed by atoms with Gasteiger partial charge >= 0.3 is 0 Å². The van der Waals surface area contributed by atoms with Crippen LogP contribution in [0.15, 0.2) is 24.3 Å². The van der Waals surface area contributed by atoms with Crippen LogP contribution in [0, 0.1) is 0 Å². The maximum atomic E-state index is 11.8. The van der Waals surface area contributed by atoms with E-state index < -0.39 is 0 Å². The van der Waals surface area contributed by atoms with Gasteiger partial charge in [-0.2, -0.15) is 0 Å². The van der Waals surface area contributed by atoms with Crippen molar-refractivity contribution < 1.29 is 9.59 Å². The summed E-state index contributed by atoms with van der Waals surface area (Å²) in [4.78, 5) is 23.6. The van der Waals surface area contributed by atoms with Crippen molar-refractivity contribution in [1.82, 2.24) is 10.6 Å². The fourth-order valence-electron chi connectivity index (χ4n) is 3.21. The van der Waals surface area contributed by atoms with E-state index in [2.05, 4.69) is 48.8 Å². The third-order valence-corrected chi connectivity index (χ3v) is 5.13. The minimum absolute atomic E-state index is 0.0544. The highest BCUT2D eigenvalue weighted by molar-refractivity contribution is 5.77. The van der Waals surface area contributed by atoms with Crippen molar-refractivity contribution >= 4 is 11.8 Å². The van der Waals surface area contributed by atoms with Crippen LogP contribution in [-0.2, 0) is 9.59 Å². The molecule has 0 saturated carbocycles. The molecule has 0 radical (unpaired) electrons. The van der Waals surface area contributed by atoms with Crippen molar-refractivity contribution in [3.63, 3.8) is 0 Å². The molecular formula is C26H48N2O2. The van der Waals surface area contributed by atoms with Crippen LogP contribution < -0.4 is 10.6 Å². The van der Waals surface area contributed by atoms with Gasteiger partial charge in [0.2, 0.25) is 11.8 Å². The molecular weight excluding hydrogens is 372 g/mol. The van der Waals surface area contributed by atoms with Crippen molar-refractivity contribution in [2.45, 2.75) is 117 Å². The zero-order valence-corrected chi connectivity index (χ0v) is 19.9. The molecule has 0 aliphatic carbocycles. The van der Waals surface area contributed by atoms with Crippen LogP contribution >= 0.6 is 0 Å². The van der Waals surface area contributed by atoms with Crippen molar-refractivity contribution in [1.29, 1.82) is 0 Å². The van der Waals surface area contributed by atoms with E-state index in [9.17, 15) is 9.59 Å². The van der Waals surface area contributed by atoms with Gasteiger partial charge in [-0.05, 0) is 38.5 Å². The van der Waals surface area contributed by atoms with E-state index in [1.807, 2.05) is 0 Å². The number of hydrogen-bond acceptors (Lipinski definition) is 2. The van der Waals surface area contributed by atoms with Crippen LogP contribution in [0.1, 0.15) is 117 Å². The van der Waals surface area contributed by atoms with Gasteiger partial charge in [-0.25, -0.2) is 0 Å². The van der Waals surface area contributed by atoms with Crippen LogP contribution in [0.5, 0.6) is 0 Å². The predicted molar refractivity (Wildman–Crippen MR) is 130 cm³/mol. The van der Waals surface area contributed by atoms with Gasteiger partial charge in [0.15, 0.2) is 0 Å². The Labute approximate surface area is 186 Å². The average Bonchev–Trinajstić information content (AvgIpc) is 2.74. The minimum Gasteiger partial charge on any atom is -0.354 e. The Hall–Kier alpha value is -1.58. The quantitative estimate of drug-likeness (QED) is 0.162. The maximum absolute atomic E-state index is 11.8. The topological polar surface area (TPSA) is 58.2 Å². The summed E-state index contributed by atoms with van der Waals surface area (Å²) in [6.07, 6.45) is 26.5. The minimum atomic E-state index is 0.0544. The van der Waals surface area contributed by atoms with E-state index >= 15 is 0 Å². The van der Waals surface area contributed by atoms with Gasteiger partial charge in [-0.1, -0.05) is 89.5 Å². The highest BCUT2D eigenvalue weighted by atomic mass is 16.2. The second-order valence-corrected chi connectivity index (χ2v) is 8.13. The summed E-state index contributed by atoms with van der Waals surface area (Å²) >= 11 is 0. The average molecular weight is 421 g/mol. The van der Waals surface area contributed by atoms with E-state index in [1.165, 1.54) is 64.2 Å². The lowest BCUT2D eigenvalue weighted by Gasteiger charge is -2.06. The molecule has 0 rings (SSSR count). The first-order valence-corrected chi connectivity index (χ1v) is 12.5. The normalized spacial score (nSPS) is 11.4. The molecule has 0 atom stereocenters.